The lowest BCUT2D eigenvalue weighted by Crippen LogP contribution is -2.45. The van der Waals surface area contributed by atoms with E-state index in [2.05, 4.69) is 50.1 Å². The van der Waals surface area contributed by atoms with Crippen molar-refractivity contribution in [3.63, 3.8) is 0 Å². The predicted octanol–water partition coefficient (Wildman–Crippen LogP) is 3.07. The number of likely N-dealkylation sites (N-methyl/N-ethyl adjacent to an activating group) is 2. The third-order valence-corrected chi connectivity index (χ3v) is 4.75. The summed E-state index contributed by atoms with van der Waals surface area (Å²) in [5.74, 6) is 0.749. The fourth-order valence-corrected chi connectivity index (χ4v) is 3.52. The van der Waals surface area contributed by atoms with E-state index >= 15 is 0 Å². The lowest BCUT2D eigenvalue weighted by atomic mass is 9.79. The van der Waals surface area contributed by atoms with Crippen LogP contribution in [0.3, 0.4) is 0 Å². The number of rotatable bonds is 9. The van der Waals surface area contributed by atoms with Crippen LogP contribution in [0.4, 0.5) is 0 Å². The van der Waals surface area contributed by atoms with Gasteiger partial charge in [-0.3, -0.25) is 0 Å². The van der Waals surface area contributed by atoms with Crippen molar-refractivity contribution in [2.24, 2.45) is 11.3 Å². The molecule has 0 heterocycles. The van der Waals surface area contributed by atoms with Crippen LogP contribution in [0.1, 0.15) is 52.4 Å². The summed E-state index contributed by atoms with van der Waals surface area (Å²) in [4.78, 5) is 4.84. The number of hydrogen-bond donors (Lipinski definition) is 1. The van der Waals surface area contributed by atoms with Crippen molar-refractivity contribution < 1.29 is 0 Å². The topological polar surface area (TPSA) is 18.5 Å². The Kier molecular flexibility index (Phi) is 8.84. The molecule has 1 aliphatic rings. The molecule has 21 heavy (non-hydrogen) atoms. The Morgan fingerprint density at radius 2 is 1.57 bits per heavy atom. The van der Waals surface area contributed by atoms with Gasteiger partial charge in [0, 0.05) is 26.2 Å². The largest absolute Gasteiger partial charge is 0.316 e. The summed E-state index contributed by atoms with van der Waals surface area (Å²) in [5, 5.41) is 3.76. The Balaban J connectivity index is 2.53. The molecule has 0 amide bonds. The van der Waals surface area contributed by atoms with Gasteiger partial charge >= 0.3 is 0 Å². The SMILES string of the molecule is CC(C)CNCC1(CN(C)CCN(C)C)CCCCCC1. The van der Waals surface area contributed by atoms with Crippen LogP contribution in [-0.2, 0) is 0 Å². The van der Waals surface area contributed by atoms with Crippen LogP contribution in [0.25, 0.3) is 0 Å². The average molecular weight is 298 g/mol. The van der Waals surface area contributed by atoms with E-state index in [4.69, 9.17) is 0 Å². The summed E-state index contributed by atoms with van der Waals surface area (Å²) in [6.45, 7) is 10.6. The highest BCUT2D eigenvalue weighted by Crippen LogP contribution is 2.35. The van der Waals surface area contributed by atoms with E-state index in [0.29, 0.717) is 5.41 Å². The Morgan fingerprint density at radius 1 is 0.952 bits per heavy atom. The molecule has 1 N–H and O–H groups in total. The average Bonchev–Trinajstić information content (AvgIpc) is 2.62. The zero-order chi connectivity index (χ0) is 15.7. The summed E-state index contributed by atoms with van der Waals surface area (Å²) in [7, 11) is 6.64. The summed E-state index contributed by atoms with van der Waals surface area (Å²) < 4.78 is 0. The molecule has 0 atom stereocenters. The van der Waals surface area contributed by atoms with Gasteiger partial charge < -0.3 is 15.1 Å². The molecule has 1 fully saturated rings. The molecule has 3 heteroatoms. The summed E-state index contributed by atoms with van der Waals surface area (Å²) in [5.41, 5.74) is 0.506. The van der Waals surface area contributed by atoms with Gasteiger partial charge in [-0.05, 0) is 51.9 Å². The van der Waals surface area contributed by atoms with Gasteiger partial charge in [-0.1, -0.05) is 39.5 Å². The highest BCUT2D eigenvalue weighted by atomic mass is 15.2. The van der Waals surface area contributed by atoms with E-state index in [9.17, 15) is 0 Å². The molecule has 126 valence electrons. The minimum Gasteiger partial charge on any atom is -0.316 e. The first-order chi connectivity index (χ1) is 9.93. The molecular weight excluding hydrogens is 258 g/mol. The standard InChI is InChI=1S/C18H39N3/c1-17(2)14-19-15-18(10-8-6-7-9-11-18)16-21(5)13-12-20(3)4/h17,19H,6-16H2,1-5H3. The maximum atomic E-state index is 3.76. The Hall–Kier alpha value is -0.120. The number of nitrogens with one attached hydrogen (secondary N) is 1. The Morgan fingerprint density at radius 3 is 2.10 bits per heavy atom. The molecule has 0 unspecified atom stereocenters. The van der Waals surface area contributed by atoms with E-state index in [1.807, 2.05) is 0 Å². The summed E-state index contributed by atoms with van der Waals surface area (Å²) in [6, 6.07) is 0. The normalized spacial score (nSPS) is 19.4. The molecule has 0 aromatic carbocycles. The molecule has 0 aromatic heterocycles. The van der Waals surface area contributed by atoms with Crippen molar-refractivity contribution in [1.82, 2.24) is 15.1 Å². The van der Waals surface area contributed by atoms with Crippen molar-refractivity contribution in [2.45, 2.75) is 52.4 Å². The summed E-state index contributed by atoms with van der Waals surface area (Å²) >= 11 is 0. The van der Waals surface area contributed by atoms with Crippen LogP contribution in [0.2, 0.25) is 0 Å². The first kappa shape index (κ1) is 18.9. The molecule has 0 spiro atoms. The molecule has 0 bridgehead atoms. The predicted molar refractivity (Wildman–Crippen MR) is 93.9 cm³/mol. The van der Waals surface area contributed by atoms with Gasteiger partial charge in [-0.2, -0.15) is 0 Å². The van der Waals surface area contributed by atoms with Crippen molar-refractivity contribution in [3.8, 4) is 0 Å². The Bertz CT molecular complexity index is 255. The third kappa shape index (κ3) is 8.18. The van der Waals surface area contributed by atoms with Gasteiger partial charge in [-0.15, -0.1) is 0 Å². The first-order valence-electron chi connectivity index (χ1n) is 8.97. The Labute approximate surface area is 133 Å². The second kappa shape index (κ2) is 9.81. The molecule has 0 aliphatic heterocycles. The van der Waals surface area contributed by atoms with Gasteiger partial charge in [0.2, 0.25) is 0 Å². The van der Waals surface area contributed by atoms with Gasteiger partial charge in [0.05, 0.1) is 0 Å². The summed E-state index contributed by atoms with van der Waals surface area (Å²) in [6.07, 6.45) is 8.53. The molecule has 0 radical (unpaired) electrons. The maximum Gasteiger partial charge on any atom is 0.0106 e. The van der Waals surface area contributed by atoms with Gasteiger partial charge in [-0.25, -0.2) is 0 Å². The van der Waals surface area contributed by atoms with E-state index in [1.54, 1.807) is 0 Å². The van der Waals surface area contributed by atoms with Crippen LogP contribution >= 0.6 is 0 Å². The van der Waals surface area contributed by atoms with Crippen LogP contribution in [0, 0.1) is 11.3 Å². The number of hydrogen-bond acceptors (Lipinski definition) is 3. The third-order valence-electron chi connectivity index (χ3n) is 4.75. The van der Waals surface area contributed by atoms with E-state index in [-0.39, 0.29) is 0 Å². The van der Waals surface area contributed by atoms with E-state index < -0.39 is 0 Å². The van der Waals surface area contributed by atoms with Gasteiger partial charge in [0.1, 0.15) is 0 Å². The van der Waals surface area contributed by atoms with Crippen molar-refractivity contribution in [1.29, 1.82) is 0 Å². The molecule has 0 aromatic rings. The second-order valence-electron chi connectivity index (χ2n) is 7.98. The highest BCUT2D eigenvalue weighted by molar-refractivity contribution is 4.86. The quantitative estimate of drug-likeness (QED) is 0.660. The van der Waals surface area contributed by atoms with Gasteiger partial charge in [0.25, 0.3) is 0 Å². The minimum atomic E-state index is 0.506. The molecule has 3 nitrogen and oxygen atoms in total. The zero-order valence-electron chi connectivity index (χ0n) is 15.2. The molecule has 0 saturated heterocycles. The van der Waals surface area contributed by atoms with Crippen molar-refractivity contribution in [2.75, 3.05) is 53.9 Å². The monoisotopic (exact) mass is 297 g/mol. The maximum absolute atomic E-state index is 3.76. The van der Waals surface area contributed by atoms with E-state index in [1.165, 1.54) is 58.2 Å². The van der Waals surface area contributed by atoms with Crippen LogP contribution in [0.15, 0.2) is 0 Å². The lowest BCUT2D eigenvalue weighted by molar-refractivity contribution is 0.138. The zero-order valence-corrected chi connectivity index (χ0v) is 15.2. The molecule has 1 saturated carbocycles. The van der Waals surface area contributed by atoms with Crippen LogP contribution < -0.4 is 5.32 Å². The van der Waals surface area contributed by atoms with Crippen molar-refractivity contribution in [3.05, 3.63) is 0 Å². The fourth-order valence-electron chi connectivity index (χ4n) is 3.52. The van der Waals surface area contributed by atoms with Gasteiger partial charge in [0.15, 0.2) is 0 Å². The van der Waals surface area contributed by atoms with E-state index in [0.717, 1.165) is 19.0 Å². The van der Waals surface area contributed by atoms with Crippen LogP contribution in [-0.4, -0.2) is 63.7 Å². The molecule has 1 aliphatic carbocycles. The number of nitrogens with zero attached hydrogens (tertiary/aromatic N) is 2. The highest BCUT2D eigenvalue weighted by Gasteiger charge is 2.31. The first-order valence-corrected chi connectivity index (χ1v) is 8.97. The van der Waals surface area contributed by atoms with Crippen LogP contribution in [0.5, 0.6) is 0 Å². The van der Waals surface area contributed by atoms with Crippen molar-refractivity contribution >= 4 is 0 Å². The fraction of sp³-hybridized carbons (Fsp3) is 1.00. The second-order valence-corrected chi connectivity index (χ2v) is 7.98. The molecule has 1 rings (SSSR count). The minimum absolute atomic E-state index is 0.506. The lowest BCUT2D eigenvalue weighted by Gasteiger charge is -2.37. The smallest absolute Gasteiger partial charge is 0.0106 e. The molecular formula is C18H39N3.